The Morgan fingerprint density at radius 2 is 1.73 bits per heavy atom. The first-order valence-electron chi connectivity index (χ1n) is 7.95. The van der Waals surface area contributed by atoms with E-state index < -0.39 is 0 Å². The van der Waals surface area contributed by atoms with Crippen LogP contribution in [0.1, 0.15) is 5.56 Å². The Kier molecular flexibility index (Phi) is 4.88. The molecule has 0 unspecified atom stereocenters. The molecule has 0 saturated carbocycles. The van der Waals surface area contributed by atoms with Crippen molar-refractivity contribution in [2.45, 2.75) is 6.42 Å². The van der Waals surface area contributed by atoms with Gasteiger partial charge in [0.1, 0.15) is 0 Å². The summed E-state index contributed by atoms with van der Waals surface area (Å²) in [6.07, 6.45) is 1.66. The number of para-hydroxylation sites is 1. The average molecular weight is 356 g/mol. The molecule has 0 saturated heterocycles. The van der Waals surface area contributed by atoms with Crippen LogP contribution in [0.3, 0.4) is 0 Å². The number of rotatable bonds is 6. The summed E-state index contributed by atoms with van der Waals surface area (Å²) < 4.78 is 16.9. The molecular formula is C19H20N2O5. The first kappa shape index (κ1) is 17.5. The predicted octanol–water partition coefficient (Wildman–Crippen LogP) is 3.09. The number of anilines is 1. The molecule has 2 N–H and O–H groups in total. The Labute approximate surface area is 150 Å². The maximum Gasteiger partial charge on any atom is 0.228 e. The third kappa shape index (κ3) is 3.23. The number of nitrogens with zero attached hydrogens (tertiary/aromatic N) is 1. The van der Waals surface area contributed by atoms with Gasteiger partial charge in [0, 0.05) is 29.4 Å². The van der Waals surface area contributed by atoms with Crippen LogP contribution < -0.4 is 19.5 Å². The van der Waals surface area contributed by atoms with Crippen LogP contribution in [0.5, 0.6) is 17.2 Å². The standard InChI is InChI=1S/C19H20N2O5/c1-24-16-9-13(10-17(25-2)19(16)26-3)20-18(22)8-12-11-21(23)15-7-5-4-6-14(12)15/h4-7,9-11,23H,8H2,1-3H3,(H,20,22). The number of hydrogen-bond acceptors (Lipinski definition) is 5. The van der Waals surface area contributed by atoms with Gasteiger partial charge in [-0.1, -0.05) is 18.2 Å². The van der Waals surface area contributed by atoms with Crippen LogP contribution in [0.25, 0.3) is 10.9 Å². The molecule has 136 valence electrons. The SMILES string of the molecule is COc1cc(NC(=O)Cc2cn(O)c3ccccc23)cc(OC)c1OC. The first-order valence-corrected chi connectivity index (χ1v) is 7.95. The normalized spacial score (nSPS) is 10.6. The van der Waals surface area contributed by atoms with Gasteiger partial charge in [0.15, 0.2) is 11.5 Å². The summed E-state index contributed by atoms with van der Waals surface area (Å²) in [5.41, 5.74) is 1.91. The van der Waals surface area contributed by atoms with Crippen molar-refractivity contribution < 1.29 is 24.2 Å². The highest BCUT2D eigenvalue weighted by molar-refractivity contribution is 5.96. The zero-order chi connectivity index (χ0) is 18.7. The molecular weight excluding hydrogens is 336 g/mol. The summed E-state index contributed by atoms with van der Waals surface area (Å²) in [5.74, 6) is 1.13. The van der Waals surface area contributed by atoms with Gasteiger partial charge in [0.2, 0.25) is 11.7 Å². The molecule has 0 spiro atoms. The number of aromatic nitrogens is 1. The molecule has 26 heavy (non-hydrogen) atoms. The van der Waals surface area contributed by atoms with Crippen molar-refractivity contribution in [3.8, 4) is 17.2 Å². The van der Waals surface area contributed by atoms with Crippen LogP contribution >= 0.6 is 0 Å². The lowest BCUT2D eigenvalue weighted by Crippen LogP contribution is -2.14. The minimum absolute atomic E-state index is 0.116. The molecule has 1 heterocycles. The minimum Gasteiger partial charge on any atom is -0.493 e. The summed E-state index contributed by atoms with van der Waals surface area (Å²) in [7, 11) is 4.54. The summed E-state index contributed by atoms with van der Waals surface area (Å²) >= 11 is 0. The van der Waals surface area contributed by atoms with Crippen LogP contribution in [-0.4, -0.2) is 37.2 Å². The Balaban J connectivity index is 1.84. The van der Waals surface area contributed by atoms with Gasteiger partial charge in [-0.2, -0.15) is 4.73 Å². The van der Waals surface area contributed by atoms with Crippen molar-refractivity contribution >= 4 is 22.5 Å². The molecule has 2 aromatic carbocycles. The number of amides is 1. The van der Waals surface area contributed by atoms with E-state index in [0.29, 0.717) is 28.5 Å². The number of carbonyl (C=O) groups excluding carboxylic acids is 1. The molecule has 0 aliphatic carbocycles. The van der Waals surface area contributed by atoms with Crippen LogP contribution in [0.4, 0.5) is 5.69 Å². The van der Waals surface area contributed by atoms with Gasteiger partial charge in [-0.3, -0.25) is 4.79 Å². The van der Waals surface area contributed by atoms with E-state index in [4.69, 9.17) is 14.2 Å². The van der Waals surface area contributed by atoms with Gasteiger partial charge in [0.05, 0.1) is 33.3 Å². The van der Waals surface area contributed by atoms with Crippen molar-refractivity contribution in [2.24, 2.45) is 0 Å². The summed E-state index contributed by atoms with van der Waals surface area (Å²) in [5, 5.41) is 13.6. The molecule has 7 nitrogen and oxygen atoms in total. The molecule has 3 aromatic rings. The predicted molar refractivity (Wildman–Crippen MR) is 97.6 cm³/mol. The maximum atomic E-state index is 12.5. The third-order valence-corrected chi connectivity index (χ3v) is 4.07. The number of fused-ring (bicyclic) bond motifs is 1. The van der Waals surface area contributed by atoms with Gasteiger partial charge >= 0.3 is 0 Å². The van der Waals surface area contributed by atoms with Crippen LogP contribution in [0.2, 0.25) is 0 Å². The second kappa shape index (κ2) is 7.26. The number of carbonyl (C=O) groups is 1. The second-order valence-electron chi connectivity index (χ2n) is 5.66. The van der Waals surface area contributed by atoms with Crippen molar-refractivity contribution in [3.63, 3.8) is 0 Å². The fourth-order valence-corrected chi connectivity index (χ4v) is 2.90. The smallest absolute Gasteiger partial charge is 0.228 e. The van der Waals surface area contributed by atoms with Gasteiger partial charge in [0.25, 0.3) is 0 Å². The molecule has 0 radical (unpaired) electrons. The third-order valence-electron chi connectivity index (χ3n) is 4.07. The van der Waals surface area contributed by atoms with E-state index in [2.05, 4.69) is 5.32 Å². The van der Waals surface area contributed by atoms with E-state index in [0.717, 1.165) is 15.7 Å². The lowest BCUT2D eigenvalue weighted by atomic mass is 10.1. The summed E-state index contributed by atoms with van der Waals surface area (Å²) in [6, 6.07) is 10.7. The zero-order valence-corrected chi connectivity index (χ0v) is 14.8. The molecule has 0 fully saturated rings. The van der Waals surface area contributed by atoms with Gasteiger partial charge < -0.3 is 24.7 Å². The lowest BCUT2D eigenvalue weighted by molar-refractivity contribution is -0.115. The Morgan fingerprint density at radius 1 is 1.08 bits per heavy atom. The van der Waals surface area contributed by atoms with Gasteiger partial charge in [-0.25, -0.2) is 0 Å². The van der Waals surface area contributed by atoms with E-state index >= 15 is 0 Å². The van der Waals surface area contributed by atoms with Crippen molar-refractivity contribution in [2.75, 3.05) is 26.6 Å². The molecule has 1 aromatic heterocycles. The highest BCUT2D eigenvalue weighted by atomic mass is 16.5. The Hall–Kier alpha value is -3.35. The van der Waals surface area contributed by atoms with E-state index in [9.17, 15) is 10.0 Å². The number of hydrogen-bond donors (Lipinski definition) is 2. The van der Waals surface area contributed by atoms with Gasteiger partial charge in [-0.05, 0) is 11.6 Å². The van der Waals surface area contributed by atoms with Crippen LogP contribution in [0.15, 0.2) is 42.6 Å². The molecule has 0 aliphatic rings. The number of nitrogens with one attached hydrogen (secondary N) is 1. The molecule has 0 bridgehead atoms. The fraction of sp³-hybridized carbons (Fsp3) is 0.211. The topological polar surface area (TPSA) is 82.0 Å². The maximum absolute atomic E-state index is 12.5. The Bertz CT molecular complexity index is 923. The highest BCUT2D eigenvalue weighted by Crippen LogP contribution is 2.40. The summed E-state index contributed by atoms with van der Waals surface area (Å²) in [6.45, 7) is 0. The number of methoxy groups -OCH3 is 3. The molecule has 0 aliphatic heterocycles. The lowest BCUT2D eigenvalue weighted by Gasteiger charge is -2.14. The quantitative estimate of drug-likeness (QED) is 0.663. The first-order chi connectivity index (χ1) is 12.6. The largest absolute Gasteiger partial charge is 0.493 e. The minimum atomic E-state index is -0.226. The van der Waals surface area contributed by atoms with E-state index in [1.807, 2.05) is 18.2 Å². The van der Waals surface area contributed by atoms with E-state index in [1.165, 1.54) is 21.3 Å². The average Bonchev–Trinajstić information content (AvgIpc) is 2.96. The van der Waals surface area contributed by atoms with Crippen molar-refractivity contribution in [1.82, 2.24) is 4.73 Å². The molecule has 0 atom stereocenters. The summed E-state index contributed by atoms with van der Waals surface area (Å²) in [4.78, 5) is 12.5. The fourth-order valence-electron chi connectivity index (χ4n) is 2.90. The zero-order valence-electron chi connectivity index (χ0n) is 14.8. The van der Waals surface area contributed by atoms with Gasteiger partial charge in [-0.15, -0.1) is 0 Å². The van der Waals surface area contributed by atoms with Crippen LogP contribution in [0, 0.1) is 0 Å². The monoisotopic (exact) mass is 356 g/mol. The second-order valence-corrected chi connectivity index (χ2v) is 5.66. The Morgan fingerprint density at radius 3 is 2.35 bits per heavy atom. The van der Waals surface area contributed by atoms with E-state index in [-0.39, 0.29) is 12.3 Å². The number of benzene rings is 2. The van der Waals surface area contributed by atoms with Crippen molar-refractivity contribution in [1.29, 1.82) is 0 Å². The van der Waals surface area contributed by atoms with E-state index in [1.54, 1.807) is 24.4 Å². The molecule has 1 amide bonds. The van der Waals surface area contributed by atoms with Crippen LogP contribution in [-0.2, 0) is 11.2 Å². The molecule has 3 rings (SSSR count). The molecule has 7 heteroatoms. The van der Waals surface area contributed by atoms with Crippen molar-refractivity contribution in [3.05, 3.63) is 48.2 Å². The number of ether oxygens (including phenoxy) is 3. The highest BCUT2D eigenvalue weighted by Gasteiger charge is 2.16.